The summed E-state index contributed by atoms with van der Waals surface area (Å²) >= 11 is 6.31. The minimum atomic E-state index is -0.895. The van der Waals surface area contributed by atoms with Crippen molar-refractivity contribution in [3.05, 3.63) is 69.2 Å². The van der Waals surface area contributed by atoms with E-state index in [9.17, 15) is 13.6 Å². The summed E-state index contributed by atoms with van der Waals surface area (Å²) in [6, 6.07) is 9.66. The molecule has 1 amide bonds. The first-order valence-electron chi connectivity index (χ1n) is 6.08. The molecule has 2 nitrogen and oxygen atoms in total. The van der Waals surface area contributed by atoms with Crippen LogP contribution in [0.2, 0.25) is 0 Å². The number of carbonyl (C=O) groups is 1. The van der Waals surface area contributed by atoms with Crippen molar-refractivity contribution < 1.29 is 13.6 Å². The van der Waals surface area contributed by atoms with Crippen LogP contribution in [0.3, 0.4) is 0 Å². The molecule has 0 aliphatic heterocycles. The summed E-state index contributed by atoms with van der Waals surface area (Å²) in [5.41, 5.74) is 1.34. The maximum absolute atomic E-state index is 13.7. The van der Waals surface area contributed by atoms with Crippen molar-refractivity contribution in [2.45, 2.75) is 11.9 Å². The highest BCUT2D eigenvalue weighted by atomic mass is 79.9. The summed E-state index contributed by atoms with van der Waals surface area (Å²) < 4.78 is 27.6. The summed E-state index contributed by atoms with van der Waals surface area (Å²) in [5.74, 6) is -2.57. The Labute approximate surface area is 137 Å². The van der Waals surface area contributed by atoms with Crippen molar-refractivity contribution >= 4 is 37.8 Å². The van der Waals surface area contributed by atoms with E-state index in [1.165, 1.54) is 0 Å². The lowest BCUT2D eigenvalue weighted by Gasteiger charge is -2.08. The lowest BCUT2D eigenvalue weighted by molar-refractivity contribution is 0.0942. The number of halogens is 4. The summed E-state index contributed by atoms with van der Waals surface area (Å²) in [5, 5.41) is 3.22. The molecule has 0 heterocycles. The summed E-state index contributed by atoms with van der Waals surface area (Å²) in [7, 11) is 0. The van der Waals surface area contributed by atoms with Gasteiger partial charge in [0.2, 0.25) is 0 Å². The van der Waals surface area contributed by atoms with Gasteiger partial charge in [-0.3, -0.25) is 4.79 Å². The molecule has 0 saturated carbocycles. The van der Waals surface area contributed by atoms with Crippen LogP contribution in [0.5, 0.6) is 0 Å². The smallest absolute Gasteiger partial charge is 0.257 e. The van der Waals surface area contributed by atoms with E-state index in [2.05, 4.69) is 37.2 Å². The number of benzene rings is 2. The fourth-order valence-corrected chi connectivity index (χ4v) is 2.60. The lowest BCUT2D eigenvalue weighted by atomic mass is 10.1. The Morgan fingerprint density at radius 1 is 1.10 bits per heavy atom. The molecule has 2 aromatic carbocycles. The van der Waals surface area contributed by atoms with Gasteiger partial charge < -0.3 is 5.32 Å². The molecule has 0 aliphatic rings. The van der Waals surface area contributed by atoms with E-state index in [0.29, 0.717) is 5.33 Å². The number of hydrogen-bond acceptors (Lipinski definition) is 1. The van der Waals surface area contributed by atoms with Crippen LogP contribution in [0.15, 0.2) is 40.9 Å². The van der Waals surface area contributed by atoms with Gasteiger partial charge in [0, 0.05) is 16.3 Å². The average molecular weight is 419 g/mol. The second-order valence-electron chi connectivity index (χ2n) is 4.38. The van der Waals surface area contributed by atoms with Crippen LogP contribution in [0.4, 0.5) is 8.78 Å². The van der Waals surface area contributed by atoms with Crippen LogP contribution in [-0.2, 0) is 11.9 Å². The van der Waals surface area contributed by atoms with E-state index in [1.54, 1.807) is 0 Å². The zero-order valence-electron chi connectivity index (χ0n) is 10.8. The van der Waals surface area contributed by atoms with Crippen molar-refractivity contribution in [1.82, 2.24) is 5.32 Å². The third-order valence-corrected chi connectivity index (χ3v) is 3.94. The van der Waals surface area contributed by atoms with E-state index in [-0.39, 0.29) is 11.0 Å². The van der Waals surface area contributed by atoms with Crippen LogP contribution < -0.4 is 5.32 Å². The fraction of sp³-hybridized carbons (Fsp3) is 0.133. The molecule has 2 aromatic rings. The molecule has 0 atom stereocenters. The van der Waals surface area contributed by atoms with E-state index in [4.69, 9.17) is 0 Å². The van der Waals surface area contributed by atoms with Gasteiger partial charge in [-0.05, 0) is 23.3 Å². The maximum Gasteiger partial charge on any atom is 0.257 e. The molecular weight excluding hydrogens is 408 g/mol. The number of rotatable bonds is 4. The summed E-state index contributed by atoms with van der Waals surface area (Å²) in [6.45, 7) is 0.203. The zero-order valence-corrected chi connectivity index (χ0v) is 14.0. The molecule has 0 unspecified atom stereocenters. The van der Waals surface area contributed by atoms with Crippen molar-refractivity contribution in [2.24, 2.45) is 0 Å². The van der Waals surface area contributed by atoms with E-state index in [0.717, 1.165) is 23.3 Å². The van der Waals surface area contributed by atoms with E-state index < -0.39 is 23.1 Å². The van der Waals surface area contributed by atoms with Gasteiger partial charge in [-0.1, -0.05) is 56.1 Å². The molecule has 0 radical (unpaired) electrons. The van der Waals surface area contributed by atoms with E-state index in [1.807, 2.05) is 24.3 Å². The van der Waals surface area contributed by atoms with Crippen molar-refractivity contribution in [1.29, 1.82) is 0 Å². The molecule has 21 heavy (non-hydrogen) atoms. The summed E-state index contributed by atoms with van der Waals surface area (Å²) in [4.78, 5) is 11.9. The standard InChI is InChI=1S/C15H11Br2F2NO/c16-7-9-2-1-3-10(4-9)8-20-15(21)14-12(18)5-11(17)6-13(14)19/h1-6H,7-8H2,(H,20,21). The second kappa shape index (κ2) is 7.13. The summed E-state index contributed by atoms with van der Waals surface area (Å²) in [6.07, 6.45) is 0. The molecule has 0 saturated heterocycles. The lowest BCUT2D eigenvalue weighted by Crippen LogP contribution is -2.25. The monoisotopic (exact) mass is 417 g/mol. The highest BCUT2D eigenvalue weighted by Gasteiger charge is 2.18. The first-order chi connectivity index (χ1) is 10.0. The molecule has 6 heteroatoms. The Kier molecular flexibility index (Phi) is 5.47. The maximum atomic E-state index is 13.7. The third kappa shape index (κ3) is 4.11. The Hall–Kier alpha value is -1.27. The molecule has 0 spiro atoms. The minimum absolute atomic E-state index is 0.203. The predicted octanol–water partition coefficient (Wildman–Crippen LogP) is 4.55. The second-order valence-corrected chi connectivity index (χ2v) is 5.86. The SMILES string of the molecule is O=C(NCc1cccc(CBr)c1)c1c(F)cc(Br)cc1F. The third-order valence-electron chi connectivity index (χ3n) is 2.83. The van der Waals surface area contributed by atoms with Crippen molar-refractivity contribution in [3.8, 4) is 0 Å². The minimum Gasteiger partial charge on any atom is -0.348 e. The molecule has 2 rings (SSSR count). The quantitative estimate of drug-likeness (QED) is 0.725. The molecule has 110 valence electrons. The van der Waals surface area contributed by atoms with Gasteiger partial charge in [-0.25, -0.2) is 8.78 Å². The van der Waals surface area contributed by atoms with Gasteiger partial charge in [-0.2, -0.15) is 0 Å². The number of hydrogen-bond donors (Lipinski definition) is 1. The Bertz CT molecular complexity index is 653. The number of nitrogens with one attached hydrogen (secondary N) is 1. The van der Waals surface area contributed by atoms with Gasteiger partial charge in [0.25, 0.3) is 5.91 Å². The van der Waals surface area contributed by atoms with Gasteiger partial charge in [-0.15, -0.1) is 0 Å². The Balaban J connectivity index is 2.12. The Morgan fingerprint density at radius 3 is 2.33 bits per heavy atom. The average Bonchev–Trinajstić information content (AvgIpc) is 2.44. The molecule has 0 bridgehead atoms. The van der Waals surface area contributed by atoms with Crippen LogP contribution in [0.25, 0.3) is 0 Å². The number of carbonyl (C=O) groups excluding carboxylic acids is 1. The highest BCUT2D eigenvalue weighted by Crippen LogP contribution is 2.19. The van der Waals surface area contributed by atoms with E-state index >= 15 is 0 Å². The van der Waals surface area contributed by atoms with Crippen LogP contribution in [-0.4, -0.2) is 5.91 Å². The molecule has 0 aromatic heterocycles. The van der Waals surface area contributed by atoms with Gasteiger partial charge >= 0.3 is 0 Å². The molecule has 0 aliphatic carbocycles. The normalized spacial score (nSPS) is 10.5. The van der Waals surface area contributed by atoms with Crippen molar-refractivity contribution in [3.63, 3.8) is 0 Å². The Morgan fingerprint density at radius 2 is 1.71 bits per heavy atom. The van der Waals surface area contributed by atoms with Gasteiger partial charge in [0.15, 0.2) is 0 Å². The van der Waals surface area contributed by atoms with Crippen LogP contribution >= 0.6 is 31.9 Å². The molecular formula is C15H11Br2F2NO. The van der Waals surface area contributed by atoms with Gasteiger partial charge in [0.05, 0.1) is 0 Å². The topological polar surface area (TPSA) is 29.1 Å². The number of alkyl halides is 1. The van der Waals surface area contributed by atoms with Crippen LogP contribution in [0, 0.1) is 11.6 Å². The predicted molar refractivity (Wildman–Crippen MR) is 84.3 cm³/mol. The fourth-order valence-electron chi connectivity index (χ4n) is 1.85. The highest BCUT2D eigenvalue weighted by molar-refractivity contribution is 9.10. The first kappa shape index (κ1) is 16.1. The van der Waals surface area contributed by atoms with Crippen molar-refractivity contribution in [2.75, 3.05) is 0 Å². The zero-order chi connectivity index (χ0) is 15.4. The van der Waals surface area contributed by atoms with Crippen LogP contribution in [0.1, 0.15) is 21.5 Å². The number of amides is 1. The van der Waals surface area contributed by atoms with Gasteiger partial charge in [0.1, 0.15) is 17.2 Å². The first-order valence-corrected chi connectivity index (χ1v) is 7.99. The molecule has 1 N–H and O–H groups in total. The molecule has 0 fully saturated rings. The largest absolute Gasteiger partial charge is 0.348 e.